The molecule has 4 nitrogen and oxygen atoms in total. The minimum atomic E-state index is -4.57. The molecule has 0 bridgehead atoms. The van der Waals surface area contributed by atoms with Gasteiger partial charge in [0.25, 0.3) is 0 Å². The van der Waals surface area contributed by atoms with Crippen molar-refractivity contribution < 1.29 is 17.9 Å². The van der Waals surface area contributed by atoms with E-state index in [0.717, 1.165) is 11.1 Å². The van der Waals surface area contributed by atoms with E-state index in [-0.39, 0.29) is 17.1 Å². The largest absolute Gasteiger partial charge is 0.574 e. The molecule has 0 aromatic carbocycles. The van der Waals surface area contributed by atoms with Crippen molar-refractivity contribution in [3.63, 3.8) is 0 Å². The Labute approximate surface area is 173 Å². The number of hydrogen-bond acceptors (Lipinski definition) is 3. The molecule has 29 heavy (non-hydrogen) atoms. The minimum absolute atomic E-state index is 0.0237. The predicted octanol–water partition coefficient (Wildman–Crippen LogP) is 5.99. The molecule has 1 aromatic rings. The van der Waals surface area contributed by atoms with Gasteiger partial charge in [-0.25, -0.2) is 4.57 Å². The molecule has 8 heteroatoms. The number of hydrogen-bond donors (Lipinski definition) is 0. The molecule has 2 atom stereocenters. The molecule has 156 valence electrons. The molecule has 2 aliphatic heterocycles. The van der Waals surface area contributed by atoms with Gasteiger partial charge in [0.05, 0.1) is 13.3 Å². The average Bonchev–Trinajstić information content (AvgIpc) is 3.07. The predicted molar refractivity (Wildman–Crippen MR) is 110 cm³/mol. The molecule has 4 rings (SSSR count). The number of thioether (sulfide) groups is 1. The van der Waals surface area contributed by atoms with Crippen molar-refractivity contribution in [3.8, 4) is 0 Å². The Bertz CT molecular complexity index is 1010. The number of rotatable bonds is 2. The average molecular weight is 425 g/mol. The number of nitrogens with zero attached hydrogens (tertiary/aromatic N) is 3. The van der Waals surface area contributed by atoms with Crippen LogP contribution in [0.4, 0.5) is 19.1 Å². The Morgan fingerprint density at radius 1 is 1.21 bits per heavy atom. The highest BCUT2D eigenvalue weighted by molar-refractivity contribution is 8.00. The van der Waals surface area contributed by atoms with Crippen LogP contribution in [0, 0.1) is 0 Å². The third kappa shape index (κ3) is 2.48. The fraction of sp³-hybridized carbons (Fsp3) is 0.476. The lowest BCUT2D eigenvalue weighted by atomic mass is 9.77. The first-order valence-corrected chi connectivity index (χ1v) is 10.3. The molecule has 0 radical (unpaired) electrons. The van der Waals surface area contributed by atoms with Gasteiger partial charge in [-0.05, 0) is 31.6 Å². The van der Waals surface area contributed by atoms with Crippen molar-refractivity contribution in [1.29, 1.82) is 0 Å². The molecule has 3 heterocycles. The van der Waals surface area contributed by atoms with Crippen molar-refractivity contribution in [2.24, 2.45) is 0 Å². The van der Waals surface area contributed by atoms with Crippen molar-refractivity contribution in [2.45, 2.75) is 62.7 Å². The molecular formula is C21H25F3N3OS+. The van der Waals surface area contributed by atoms with Gasteiger partial charge in [-0.15, -0.1) is 29.4 Å². The first-order chi connectivity index (χ1) is 13.4. The second-order valence-corrected chi connectivity index (χ2v) is 10.6. The van der Waals surface area contributed by atoms with Crippen LogP contribution in [0.2, 0.25) is 0 Å². The van der Waals surface area contributed by atoms with E-state index in [1.54, 1.807) is 30.0 Å². The number of fused-ring (bicyclic) bond motifs is 3. The Balaban J connectivity index is 2.13. The van der Waals surface area contributed by atoms with E-state index in [1.165, 1.54) is 24.0 Å². The first kappa shape index (κ1) is 20.3. The number of quaternary nitrogens is 1. The van der Waals surface area contributed by atoms with Crippen LogP contribution in [0.1, 0.15) is 41.0 Å². The maximum absolute atomic E-state index is 14.9. The maximum atomic E-state index is 14.9. The van der Waals surface area contributed by atoms with E-state index in [1.807, 2.05) is 34.6 Å². The second kappa shape index (κ2) is 6.04. The summed E-state index contributed by atoms with van der Waals surface area (Å²) >= 11 is 1.52. The Morgan fingerprint density at radius 3 is 2.48 bits per heavy atom. The lowest BCUT2D eigenvalue weighted by Gasteiger charge is -2.45. The summed E-state index contributed by atoms with van der Waals surface area (Å²) in [6, 6.07) is 0. The van der Waals surface area contributed by atoms with Crippen LogP contribution in [0.5, 0.6) is 0 Å². The molecule has 1 aliphatic carbocycles. The maximum Gasteiger partial charge on any atom is 0.574 e. The van der Waals surface area contributed by atoms with Gasteiger partial charge in [0, 0.05) is 16.7 Å². The van der Waals surface area contributed by atoms with Crippen LogP contribution in [-0.2, 0) is 4.74 Å². The Hall–Kier alpha value is -1.93. The van der Waals surface area contributed by atoms with E-state index in [0.29, 0.717) is 16.5 Å². The van der Waals surface area contributed by atoms with Crippen LogP contribution < -0.4 is 4.48 Å². The minimum Gasteiger partial charge on any atom is -0.496 e. The second-order valence-electron chi connectivity index (χ2n) is 8.73. The van der Waals surface area contributed by atoms with Gasteiger partial charge in [-0.3, -0.25) is 0 Å². The Kier molecular flexibility index (Phi) is 4.24. The SMILES string of the molecule is COC1=C(C)CC23C=CC=C[N+]2(C(F)(F)F)c2ncc(SC(C)(C)C)n2C3=C1C. The molecular weight excluding hydrogens is 399 g/mol. The summed E-state index contributed by atoms with van der Waals surface area (Å²) < 4.78 is 50.4. The summed E-state index contributed by atoms with van der Waals surface area (Å²) in [5.74, 6) is 0.631. The summed E-state index contributed by atoms with van der Waals surface area (Å²) in [4.78, 5) is 4.35. The molecule has 0 saturated carbocycles. The highest BCUT2D eigenvalue weighted by Gasteiger charge is 2.76. The number of imidazole rings is 1. The fourth-order valence-corrected chi connectivity index (χ4v) is 5.92. The summed E-state index contributed by atoms with van der Waals surface area (Å²) in [5, 5.41) is 0.703. The first-order valence-electron chi connectivity index (χ1n) is 9.45. The standard InChI is InChI=1S/C21H25F3N3OS/c1-13-11-20-9-7-8-10-27(20,21(22,23)24)18-25-12-15(29-19(3,4)5)26(18)17(20)14(2)16(13)28-6/h7-10,12H,11H2,1-6H3/q+1. The van der Waals surface area contributed by atoms with E-state index < -0.39 is 16.3 Å². The molecule has 1 spiro atoms. The summed E-state index contributed by atoms with van der Waals surface area (Å²) in [7, 11) is 1.57. The number of aromatic nitrogens is 2. The lowest BCUT2D eigenvalue weighted by Crippen LogP contribution is -2.68. The monoisotopic (exact) mass is 424 g/mol. The zero-order chi connectivity index (χ0) is 21.4. The van der Waals surface area contributed by atoms with Gasteiger partial charge < -0.3 is 4.74 Å². The smallest absolute Gasteiger partial charge is 0.496 e. The van der Waals surface area contributed by atoms with Crippen LogP contribution in [0.25, 0.3) is 5.70 Å². The number of allylic oxidation sites excluding steroid dienone is 3. The van der Waals surface area contributed by atoms with Crippen LogP contribution >= 0.6 is 11.8 Å². The number of alkyl halides is 3. The summed E-state index contributed by atoms with van der Waals surface area (Å²) in [6.45, 7) is 9.80. The van der Waals surface area contributed by atoms with Gasteiger partial charge >= 0.3 is 12.2 Å². The van der Waals surface area contributed by atoms with Gasteiger partial charge in [0.2, 0.25) is 0 Å². The number of ether oxygens (including phenoxy) is 1. The summed E-state index contributed by atoms with van der Waals surface area (Å²) in [5.41, 5.74) is 0.781. The third-order valence-electron chi connectivity index (χ3n) is 5.72. The highest BCUT2D eigenvalue weighted by Crippen LogP contribution is 2.62. The fourth-order valence-electron chi connectivity index (χ4n) is 4.92. The normalized spacial score (nSPS) is 28.6. The molecule has 0 N–H and O–H groups in total. The Morgan fingerprint density at radius 2 is 1.90 bits per heavy atom. The molecule has 0 amide bonds. The van der Waals surface area contributed by atoms with Gasteiger partial charge in [0.15, 0.2) is 5.54 Å². The van der Waals surface area contributed by atoms with E-state index in [2.05, 4.69) is 4.98 Å². The van der Waals surface area contributed by atoms with Crippen molar-refractivity contribution in [2.75, 3.05) is 7.11 Å². The van der Waals surface area contributed by atoms with E-state index in [9.17, 15) is 13.2 Å². The molecule has 0 saturated heterocycles. The van der Waals surface area contributed by atoms with Gasteiger partial charge in [-0.1, -0.05) is 26.8 Å². The molecule has 2 unspecified atom stereocenters. The third-order valence-corrected chi connectivity index (χ3v) is 6.82. The van der Waals surface area contributed by atoms with Gasteiger partial charge in [0.1, 0.15) is 22.7 Å². The highest BCUT2D eigenvalue weighted by atomic mass is 32.2. The lowest BCUT2D eigenvalue weighted by molar-refractivity contribution is -0.236. The molecule has 1 aromatic heterocycles. The van der Waals surface area contributed by atoms with Crippen LogP contribution in [0.15, 0.2) is 52.6 Å². The van der Waals surface area contributed by atoms with Gasteiger partial charge in [-0.2, -0.15) is 4.98 Å². The van der Waals surface area contributed by atoms with E-state index >= 15 is 0 Å². The van der Waals surface area contributed by atoms with Crippen molar-refractivity contribution in [3.05, 3.63) is 47.5 Å². The van der Waals surface area contributed by atoms with Crippen molar-refractivity contribution in [1.82, 2.24) is 14.0 Å². The van der Waals surface area contributed by atoms with Crippen LogP contribution in [0.3, 0.4) is 0 Å². The quantitative estimate of drug-likeness (QED) is 0.331. The molecule has 3 aliphatic rings. The van der Waals surface area contributed by atoms with Crippen molar-refractivity contribution >= 4 is 23.4 Å². The van der Waals surface area contributed by atoms with Crippen LogP contribution in [-0.4, -0.2) is 33.2 Å². The number of methoxy groups -OCH3 is 1. The zero-order valence-corrected chi connectivity index (χ0v) is 18.2. The zero-order valence-electron chi connectivity index (χ0n) is 17.4. The molecule has 0 fully saturated rings. The van der Waals surface area contributed by atoms with E-state index in [4.69, 9.17) is 4.74 Å². The topological polar surface area (TPSA) is 27.1 Å². The number of halogens is 3. The summed E-state index contributed by atoms with van der Waals surface area (Å²) in [6.07, 6.45) is 3.30.